The third-order valence-corrected chi connectivity index (χ3v) is 6.15. The quantitative estimate of drug-likeness (QED) is 0.234. The van der Waals surface area contributed by atoms with Crippen LogP contribution in [0, 0.1) is 13.8 Å². The summed E-state index contributed by atoms with van der Waals surface area (Å²) >= 11 is 7.74. The molecule has 2 aromatic carbocycles. The summed E-state index contributed by atoms with van der Waals surface area (Å²) in [7, 11) is 1.23. The second-order valence-corrected chi connectivity index (χ2v) is 8.99. The summed E-state index contributed by atoms with van der Waals surface area (Å²) in [5.74, 6) is -1.20. The molecular weight excluding hydrogens is 476 g/mol. The van der Waals surface area contributed by atoms with Gasteiger partial charge in [0.05, 0.1) is 33.3 Å². The van der Waals surface area contributed by atoms with Gasteiger partial charge in [-0.3, -0.25) is 4.79 Å². The number of rotatable bonds is 7. The van der Waals surface area contributed by atoms with Crippen LogP contribution < -0.4 is 5.32 Å². The van der Waals surface area contributed by atoms with Crippen molar-refractivity contribution in [1.29, 1.82) is 0 Å². The summed E-state index contributed by atoms with van der Waals surface area (Å²) in [4.78, 5) is 30.1. The summed E-state index contributed by atoms with van der Waals surface area (Å²) in [6.07, 6.45) is 3.46. The molecule has 3 rings (SSSR count). The normalized spacial score (nSPS) is 11.9. The Morgan fingerprint density at radius 3 is 2.59 bits per heavy atom. The van der Waals surface area contributed by atoms with E-state index in [0.29, 0.717) is 12.0 Å². The molecule has 1 heterocycles. The number of hydrogen-bond donors (Lipinski definition) is 3. The van der Waals surface area contributed by atoms with Crippen molar-refractivity contribution in [2.75, 3.05) is 7.11 Å². The van der Waals surface area contributed by atoms with Gasteiger partial charge in [0.1, 0.15) is 17.2 Å². The molecule has 34 heavy (non-hydrogen) atoms. The van der Waals surface area contributed by atoms with E-state index in [9.17, 15) is 19.8 Å². The molecule has 176 valence electrons. The highest BCUT2D eigenvalue weighted by atomic mass is 35.5. The third kappa shape index (κ3) is 6.24. The van der Waals surface area contributed by atoms with Crippen LogP contribution in [0.1, 0.15) is 37.1 Å². The summed E-state index contributed by atoms with van der Waals surface area (Å²) in [5.41, 5.74) is 2.13. The van der Waals surface area contributed by atoms with Gasteiger partial charge < -0.3 is 20.3 Å². The highest BCUT2D eigenvalue weighted by Crippen LogP contribution is 2.23. The number of hydrogen-bond acceptors (Lipinski definition) is 7. The maximum Gasteiger partial charge on any atom is 0.354 e. The van der Waals surface area contributed by atoms with Gasteiger partial charge in [-0.25, -0.2) is 9.78 Å². The molecule has 0 saturated heterocycles. The number of aryl methyl sites for hydroxylation is 2. The molecule has 0 radical (unpaired) electrons. The second-order valence-electron chi connectivity index (χ2n) is 7.34. The van der Waals surface area contributed by atoms with E-state index in [0.717, 1.165) is 21.1 Å². The molecule has 0 saturated carbocycles. The number of aromatic hydroxyl groups is 1. The third-order valence-electron chi connectivity index (χ3n) is 4.82. The number of phenolic OH excluding ortho intramolecular Hbond substituents is 1. The van der Waals surface area contributed by atoms with E-state index < -0.39 is 11.9 Å². The molecule has 3 aromatic rings. The summed E-state index contributed by atoms with van der Waals surface area (Å²) in [6, 6.07) is 11.1. The fraction of sp³-hybridized carbons (Fsp3) is 0.160. The van der Waals surface area contributed by atoms with Crippen LogP contribution in [0.5, 0.6) is 5.75 Å². The highest BCUT2D eigenvalue weighted by Gasteiger charge is 2.18. The number of thiazole rings is 1. The molecule has 0 spiro atoms. The van der Waals surface area contributed by atoms with E-state index in [1.165, 1.54) is 36.7 Å². The van der Waals surface area contributed by atoms with E-state index in [1.807, 2.05) is 13.8 Å². The van der Waals surface area contributed by atoms with Gasteiger partial charge in [-0.1, -0.05) is 29.8 Å². The monoisotopic (exact) mass is 498 g/mol. The number of halogens is 1. The van der Waals surface area contributed by atoms with Gasteiger partial charge in [-0.2, -0.15) is 0 Å². The Labute approximate surface area is 206 Å². The van der Waals surface area contributed by atoms with Crippen LogP contribution in [0.15, 0.2) is 54.2 Å². The van der Waals surface area contributed by atoms with Gasteiger partial charge in [0.25, 0.3) is 5.91 Å². The number of esters is 1. The number of aliphatic hydroxyl groups excluding tert-OH is 1. The van der Waals surface area contributed by atoms with E-state index in [2.05, 4.69) is 10.3 Å². The smallest absolute Gasteiger partial charge is 0.354 e. The zero-order chi connectivity index (χ0) is 24.8. The number of nitrogens with zero attached hydrogens (tertiary/aromatic N) is 1. The minimum Gasteiger partial charge on any atom is -0.508 e. The first-order valence-electron chi connectivity index (χ1n) is 10.2. The predicted molar refractivity (Wildman–Crippen MR) is 133 cm³/mol. The first-order chi connectivity index (χ1) is 16.2. The van der Waals surface area contributed by atoms with Crippen molar-refractivity contribution in [3.8, 4) is 5.75 Å². The number of nitrogens with one attached hydrogen (secondary N) is 1. The van der Waals surface area contributed by atoms with Crippen LogP contribution in [0.25, 0.3) is 11.8 Å². The van der Waals surface area contributed by atoms with Gasteiger partial charge >= 0.3 is 5.97 Å². The first kappa shape index (κ1) is 25.0. The molecule has 0 aliphatic rings. The maximum absolute atomic E-state index is 12.8. The van der Waals surface area contributed by atoms with Gasteiger partial charge in [0, 0.05) is 5.56 Å². The SMILES string of the molecule is COC(=O)C(=Cc1sc(C)nc1C)NC(=O)c1ccc(CC=C(O)c2cccc(O)c2)cc1Cl. The average Bonchev–Trinajstić information content (AvgIpc) is 3.12. The van der Waals surface area contributed by atoms with Crippen molar-refractivity contribution in [1.82, 2.24) is 10.3 Å². The van der Waals surface area contributed by atoms with Crippen LogP contribution in [0.2, 0.25) is 5.02 Å². The molecule has 0 aliphatic carbocycles. The zero-order valence-electron chi connectivity index (χ0n) is 18.8. The molecule has 1 aromatic heterocycles. The Morgan fingerprint density at radius 1 is 1.21 bits per heavy atom. The van der Waals surface area contributed by atoms with Crippen molar-refractivity contribution in [3.63, 3.8) is 0 Å². The van der Waals surface area contributed by atoms with Crippen LogP contribution >= 0.6 is 22.9 Å². The number of allylic oxidation sites excluding steroid dienone is 1. The average molecular weight is 499 g/mol. The van der Waals surface area contributed by atoms with Gasteiger partial charge in [0.15, 0.2) is 0 Å². The van der Waals surface area contributed by atoms with Gasteiger partial charge in [-0.05, 0) is 62.2 Å². The topological polar surface area (TPSA) is 109 Å². The first-order valence-corrected chi connectivity index (χ1v) is 11.4. The predicted octanol–water partition coefficient (Wildman–Crippen LogP) is 5.20. The molecule has 7 nitrogen and oxygen atoms in total. The van der Waals surface area contributed by atoms with Crippen molar-refractivity contribution in [3.05, 3.63) is 91.5 Å². The molecule has 0 unspecified atom stereocenters. The fourth-order valence-electron chi connectivity index (χ4n) is 3.13. The van der Waals surface area contributed by atoms with Crippen LogP contribution in [-0.4, -0.2) is 34.2 Å². The molecule has 9 heteroatoms. The molecular formula is C25H23ClN2O5S. The summed E-state index contributed by atoms with van der Waals surface area (Å²) in [5, 5.41) is 23.4. The molecule has 0 aliphatic heterocycles. The largest absolute Gasteiger partial charge is 0.508 e. The number of ether oxygens (including phenoxy) is 1. The molecule has 0 fully saturated rings. The van der Waals surface area contributed by atoms with E-state index in [-0.39, 0.29) is 27.8 Å². The van der Waals surface area contributed by atoms with E-state index in [4.69, 9.17) is 16.3 Å². The standard InChI is InChI=1S/C25H23ClN2O5S/c1-14-23(34-15(2)27-14)13-21(25(32)33-3)28-24(31)19-9-7-16(11-20(19)26)8-10-22(30)17-5-4-6-18(29)12-17/h4-7,9-13,29-30H,8H2,1-3H3,(H,28,31). The van der Waals surface area contributed by atoms with Gasteiger partial charge in [0.2, 0.25) is 0 Å². The Kier molecular flexibility index (Phi) is 8.09. The number of carbonyl (C=O) groups excluding carboxylic acids is 2. The number of methoxy groups -OCH3 is 1. The summed E-state index contributed by atoms with van der Waals surface area (Å²) in [6.45, 7) is 3.67. The Balaban J connectivity index is 1.77. The Morgan fingerprint density at radius 2 is 1.97 bits per heavy atom. The van der Waals surface area contributed by atoms with E-state index >= 15 is 0 Å². The molecule has 0 bridgehead atoms. The maximum atomic E-state index is 12.8. The van der Waals surface area contributed by atoms with Crippen LogP contribution in [0.3, 0.4) is 0 Å². The molecule has 0 atom stereocenters. The minimum absolute atomic E-state index is 0.00953. The molecule has 3 N–H and O–H groups in total. The Hall–Kier alpha value is -3.62. The highest BCUT2D eigenvalue weighted by molar-refractivity contribution is 7.12. The number of aliphatic hydroxyl groups is 1. The van der Waals surface area contributed by atoms with E-state index in [1.54, 1.807) is 36.4 Å². The van der Waals surface area contributed by atoms with Crippen molar-refractivity contribution >= 4 is 46.6 Å². The Bertz CT molecular complexity index is 1300. The van der Waals surface area contributed by atoms with Crippen molar-refractivity contribution in [2.45, 2.75) is 20.3 Å². The van der Waals surface area contributed by atoms with Crippen LogP contribution in [-0.2, 0) is 16.0 Å². The number of carbonyl (C=O) groups is 2. The van der Waals surface area contributed by atoms with Gasteiger partial charge in [-0.15, -0.1) is 11.3 Å². The molecule has 1 amide bonds. The lowest BCUT2D eigenvalue weighted by Crippen LogP contribution is -2.28. The van der Waals surface area contributed by atoms with Crippen LogP contribution in [0.4, 0.5) is 0 Å². The summed E-state index contributed by atoms with van der Waals surface area (Å²) < 4.78 is 4.80. The fourth-order valence-corrected chi connectivity index (χ4v) is 4.28. The number of aromatic nitrogens is 1. The second kappa shape index (κ2) is 11.0. The lowest BCUT2D eigenvalue weighted by atomic mass is 10.1. The minimum atomic E-state index is -0.695. The van der Waals surface area contributed by atoms with Crippen molar-refractivity contribution < 1.29 is 24.5 Å². The zero-order valence-corrected chi connectivity index (χ0v) is 20.3. The lowest BCUT2D eigenvalue weighted by Gasteiger charge is -2.10. The number of amides is 1. The van der Waals surface area contributed by atoms with Crippen molar-refractivity contribution in [2.24, 2.45) is 0 Å². The number of benzene rings is 2. The number of phenols is 1. The lowest BCUT2D eigenvalue weighted by molar-refractivity contribution is -0.136.